The van der Waals surface area contributed by atoms with Crippen molar-refractivity contribution in [1.29, 1.82) is 5.26 Å². The molecule has 0 aliphatic carbocycles. The molecule has 5 rings (SSSR count). The maximum atomic E-state index is 10.3. The van der Waals surface area contributed by atoms with E-state index in [0.29, 0.717) is 17.9 Å². The number of thioether (sulfide) groups is 1. The van der Waals surface area contributed by atoms with Crippen LogP contribution in [0.25, 0.3) is 11.3 Å². The van der Waals surface area contributed by atoms with Gasteiger partial charge in [-0.05, 0) is 30.9 Å². The number of nitriles is 1. The van der Waals surface area contributed by atoms with Crippen LogP contribution in [0.5, 0.6) is 0 Å². The minimum atomic E-state index is 0.602. The van der Waals surface area contributed by atoms with E-state index in [2.05, 4.69) is 86.6 Å². The minimum Gasteiger partial charge on any atom is -0.329 e. The summed E-state index contributed by atoms with van der Waals surface area (Å²) in [5, 5.41) is 22.2. The molecule has 2 aromatic carbocycles. The van der Waals surface area contributed by atoms with E-state index in [1.807, 2.05) is 6.07 Å². The van der Waals surface area contributed by atoms with Gasteiger partial charge in [-0.2, -0.15) is 5.26 Å². The average molecular weight is 440 g/mol. The first kappa shape index (κ1) is 20.6. The molecule has 0 atom stereocenters. The van der Waals surface area contributed by atoms with Crippen LogP contribution < -0.4 is 0 Å². The van der Waals surface area contributed by atoms with Gasteiger partial charge in [0.05, 0.1) is 5.70 Å². The van der Waals surface area contributed by atoms with E-state index in [-0.39, 0.29) is 0 Å². The molecule has 0 radical (unpaired) electrons. The molecular weight excluding hydrogens is 414 g/mol. The van der Waals surface area contributed by atoms with E-state index < -0.39 is 0 Å². The Kier molecular flexibility index (Phi) is 5.83. The molecule has 1 aromatic heterocycles. The van der Waals surface area contributed by atoms with E-state index in [1.54, 1.807) is 11.8 Å². The molecule has 2 aliphatic heterocycles. The summed E-state index contributed by atoms with van der Waals surface area (Å²) < 4.78 is 2.16. The van der Waals surface area contributed by atoms with Gasteiger partial charge in [0, 0.05) is 24.9 Å². The molecular formula is C26H25N5S. The summed E-state index contributed by atoms with van der Waals surface area (Å²) >= 11 is 1.60. The van der Waals surface area contributed by atoms with Crippen LogP contribution in [-0.4, -0.2) is 19.7 Å². The van der Waals surface area contributed by atoms with E-state index in [4.69, 9.17) is 0 Å². The van der Waals surface area contributed by atoms with Crippen molar-refractivity contribution in [2.24, 2.45) is 0 Å². The van der Waals surface area contributed by atoms with Gasteiger partial charge in [-0.25, -0.2) is 0 Å². The number of hydrogen-bond donors (Lipinski definition) is 0. The number of allylic oxidation sites excluding steroid dienone is 1. The fourth-order valence-electron chi connectivity index (χ4n) is 4.28. The highest BCUT2D eigenvalue weighted by Crippen LogP contribution is 2.44. The predicted molar refractivity (Wildman–Crippen MR) is 129 cm³/mol. The smallest absolute Gasteiger partial charge is 0.177 e. The third-order valence-electron chi connectivity index (χ3n) is 6.01. The number of aryl methyl sites for hydroxylation is 2. The second-order valence-electron chi connectivity index (χ2n) is 8.25. The molecule has 0 unspecified atom stereocenters. The van der Waals surface area contributed by atoms with Gasteiger partial charge in [0.2, 0.25) is 0 Å². The Hall–Kier alpha value is -3.30. The van der Waals surface area contributed by atoms with Gasteiger partial charge in [-0.15, -0.1) is 10.2 Å². The van der Waals surface area contributed by atoms with Gasteiger partial charge in [-0.3, -0.25) is 0 Å². The molecule has 0 N–H and O–H groups in total. The van der Waals surface area contributed by atoms with E-state index in [0.717, 1.165) is 47.9 Å². The van der Waals surface area contributed by atoms with Crippen LogP contribution in [0.3, 0.4) is 0 Å². The van der Waals surface area contributed by atoms with Crippen molar-refractivity contribution in [2.75, 3.05) is 0 Å². The highest BCUT2D eigenvalue weighted by Gasteiger charge is 2.29. The summed E-state index contributed by atoms with van der Waals surface area (Å²) in [5.41, 5.74) is 5.28. The summed E-state index contributed by atoms with van der Waals surface area (Å²) in [5.74, 6) is 1.69. The molecule has 0 saturated carbocycles. The van der Waals surface area contributed by atoms with E-state index in [1.165, 1.54) is 17.5 Å². The van der Waals surface area contributed by atoms with Crippen LogP contribution in [0.15, 0.2) is 65.0 Å². The van der Waals surface area contributed by atoms with Crippen molar-refractivity contribution in [1.82, 2.24) is 19.7 Å². The quantitative estimate of drug-likeness (QED) is 0.484. The molecule has 3 aromatic rings. The zero-order chi connectivity index (χ0) is 21.9. The van der Waals surface area contributed by atoms with E-state index in [9.17, 15) is 5.26 Å². The number of fused-ring (bicyclic) bond motifs is 1. The first-order valence-electron chi connectivity index (χ1n) is 11.1. The molecule has 0 amide bonds. The molecule has 0 saturated heterocycles. The lowest BCUT2D eigenvalue weighted by molar-refractivity contribution is 0.521. The first-order valence-corrected chi connectivity index (χ1v) is 11.9. The molecule has 160 valence electrons. The lowest BCUT2D eigenvalue weighted by Gasteiger charge is -2.25. The third kappa shape index (κ3) is 3.96. The number of nitrogens with zero attached hydrogens (tertiary/aromatic N) is 5. The Labute approximate surface area is 193 Å². The fraction of sp³-hybridized carbons (Fsp3) is 0.269. The number of benzene rings is 2. The normalized spacial score (nSPS) is 17.4. The molecule has 0 spiro atoms. The highest BCUT2D eigenvalue weighted by atomic mass is 32.2. The second kappa shape index (κ2) is 9.05. The van der Waals surface area contributed by atoms with Gasteiger partial charge in [0.25, 0.3) is 0 Å². The van der Waals surface area contributed by atoms with Crippen LogP contribution in [0.1, 0.15) is 47.6 Å². The Morgan fingerprint density at radius 2 is 1.84 bits per heavy atom. The Morgan fingerprint density at radius 3 is 2.62 bits per heavy atom. The summed E-state index contributed by atoms with van der Waals surface area (Å²) in [6, 6.07) is 21.4. The van der Waals surface area contributed by atoms with Crippen molar-refractivity contribution in [3.8, 4) is 6.07 Å². The minimum absolute atomic E-state index is 0.602. The van der Waals surface area contributed by atoms with Gasteiger partial charge >= 0.3 is 0 Å². The molecule has 0 bridgehead atoms. The summed E-state index contributed by atoms with van der Waals surface area (Å²) in [4.78, 5) is 2.25. The van der Waals surface area contributed by atoms with Crippen LogP contribution in [0.2, 0.25) is 0 Å². The Balaban J connectivity index is 1.60. The number of hydrogen-bond acceptors (Lipinski definition) is 5. The third-order valence-corrected chi connectivity index (χ3v) is 7.00. The zero-order valence-corrected chi connectivity index (χ0v) is 19.0. The summed E-state index contributed by atoms with van der Waals surface area (Å²) in [6.45, 7) is 3.66. The summed E-state index contributed by atoms with van der Waals surface area (Å²) in [6.07, 6.45) is 4.34. The maximum Gasteiger partial charge on any atom is 0.177 e. The number of aromatic nitrogens is 3. The lowest BCUT2D eigenvalue weighted by Crippen LogP contribution is -2.18. The predicted octanol–water partition coefficient (Wildman–Crippen LogP) is 5.75. The van der Waals surface area contributed by atoms with Crippen LogP contribution in [0, 0.1) is 18.3 Å². The maximum absolute atomic E-state index is 10.3. The van der Waals surface area contributed by atoms with Gasteiger partial charge < -0.3 is 9.47 Å². The molecule has 2 aliphatic rings. The highest BCUT2D eigenvalue weighted by molar-refractivity contribution is 8.06. The van der Waals surface area contributed by atoms with E-state index >= 15 is 0 Å². The van der Waals surface area contributed by atoms with Crippen molar-refractivity contribution in [3.63, 3.8) is 0 Å². The first-order chi connectivity index (χ1) is 15.7. The Bertz CT molecular complexity index is 1220. The Morgan fingerprint density at radius 1 is 1.03 bits per heavy atom. The monoisotopic (exact) mass is 439 g/mol. The SMILES string of the molecule is Cc1ccc(C2=CSC(=C(C#N)c3nnc4n3CCCCC4)N2Cc2ccccc2)cc1. The van der Waals surface area contributed by atoms with Crippen molar-refractivity contribution >= 4 is 23.0 Å². The molecule has 0 fully saturated rings. The van der Waals surface area contributed by atoms with Crippen LogP contribution >= 0.6 is 11.8 Å². The fourth-order valence-corrected chi connectivity index (χ4v) is 5.31. The molecule has 6 heteroatoms. The lowest BCUT2D eigenvalue weighted by atomic mass is 10.1. The van der Waals surface area contributed by atoms with Gasteiger partial charge in [0.15, 0.2) is 5.82 Å². The standard InChI is InChI=1S/C26H25N5S/c1-19-11-13-21(14-12-19)23-18-32-26(31(23)17-20-8-4-2-5-9-20)22(16-27)25-29-28-24-10-6-3-7-15-30(24)25/h2,4-5,8-9,11-14,18H,3,6-7,10,15,17H2,1H3. The molecule has 5 nitrogen and oxygen atoms in total. The molecule has 3 heterocycles. The van der Waals surface area contributed by atoms with Crippen molar-refractivity contribution < 1.29 is 0 Å². The van der Waals surface area contributed by atoms with Crippen molar-refractivity contribution in [2.45, 2.75) is 45.7 Å². The van der Waals surface area contributed by atoms with Crippen LogP contribution in [0.4, 0.5) is 0 Å². The van der Waals surface area contributed by atoms with Crippen molar-refractivity contribution in [3.05, 3.63) is 93.4 Å². The summed E-state index contributed by atoms with van der Waals surface area (Å²) in [7, 11) is 0. The second-order valence-corrected chi connectivity index (χ2v) is 9.11. The van der Waals surface area contributed by atoms with Crippen LogP contribution in [-0.2, 0) is 19.5 Å². The largest absolute Gasteiger partial charge is 0.329 e. The zero-order valence-electron chi connectivity index (χ0n) is 18.2. The number of rotatable bonds is 4. The van der Waals surface area contributed by atoms with Gasteiger partial charge in [0.1, 0.15) is 22.5 Å². The average Bonchev–Trinajstić information content (AvgIpc) is 3.32. The van der Waals surface area contributed by atoms with Gasteiger partial charge in [-0.1, -0.05) is 78.3 Å². The molecule has 32 heavy (non-hydrogen) atoms. The topological polar surface area (TPSA) is 57.7 Å².